The maximum Gasteiger partial charge on any atom is 0.305 e. The summed E-state index contributed by atoms with van der Waals surface area (Å²) in [5.41, 5.74) is 6.53. The highest BCUT2D eigenvalue weighted by atomic mass is 16.5. The van der Waals surface area contributed by atoms with E-state index in [9.17, 15) is 4.79 Å². The number of carboxylic acids is 1. The van der Waals surface area contributed by atoms with Crippen molar-refractivity contribution in [3.05, 3.63) is 23.8 Å². The molecule has 0 aromatic heterocycles. The summed E-state index contributed by atoms with van der Waals surface area (Å²) in [5.74, 6) is 0.701. The number of carbonyl (C=O) groups is 1. The largest absolute Gasteiger partial charge is 0.493 e. The second kappa shape index (κ2) is 6.99. The van der Waals surface area contributed by atoms with Crippen molar-refractivity contribution in [3.63, 3.8) is 0 Å². The average molecular weight is 267 g/mol. The Morgan fingerprint density at radius 3 is 2.58 bits per heavy atom. The minimum Gasteiger partial charge on any atom is -0.493 e. The molecule has 0 aliphatic heterocycles. The van der Waals surface area contributed by atoms with Crippen LogP contribution in [-0.4, -0.2) is 24.8 Å². The Hall–Kier alpha value is -1.75. The van der Waals surface area contributed by atoms with Crippen molar-refractivity contribution >= 4 is 5.97 Å². The molecular formula is C14H21NO4. The third kappa shape index (κ3) is 4.79. The molecule has 0 aliphatic carbocycles. The summed E-state index contributed by atoms with van der Waals surface area (Å²) in [4.78, 5) is 10.6. The Labute approximate surface area is 113 Å². The van der Waals surface area contributed by atoms with Crippen LogP contribution in [0.3, 0.4) is 0 Å². The molecule has 0 fully saturated rings. The Kier molecular flexibility index (Phi) is 5.63. The lowest BCUT2D eigenvalue weighted by Gasteiger charge is -2.15. The van der Waals surface area contributed by atoms with Crippen LogP contribution in [0.25, 0.3) is 0 Å². The lowest BCUT2D eigenvalue weighted by Crippen LogP contribution is -2.15. The van der Waals surface area contributed by atoms with Crippen LogP contribution in [0.2, 0.25) is 0 Å². The van der Waals surface area contributed by atoms with E-state index in [0.29, 0.717) is 24.0 Å². The summed E-state index contributed by atoms with van der Waals surface area (Å²) in [7, 11) is 1.55. The Bertz CT molecular complexity index is 431. The van der Waals surface area contributed by atoms with Crippen LogP contribution in [0.1, 0.15) is 31.9 Å². The molecule has 0 spiro atoms. The van der Waals surface area contributed by atoms with Crippen molar-refractivity contribution in [2.45, 2.75) is 26.3 Å². The van der Waals surface area contributed by atoms with Gasteiger partial charge in [0, 0.05) is 6.04 Å². The van der Waals surface area contributed by atoms with Gasteiger partial charge in [-0.3, -0.25) is 4.79 Å². The molecule has 0 amide bonds. The van der Waals surface area contributed by atoms with Crippen LogP contribution < -0.4 is 15.2 Å². The molecule has 1 atom stereocenters. The van der Waals surface area contributed by atoms with Crippen molar-refractivity contribution in [1.82, 2.24) is 0 Å². The van der Waals surface area contributed by atoms with Crippen molar-refractivity contribution < 1.29 is 19.4 Å². The van der Waals surface area contributed by atoms with Crippen LogP contribution >= 0.6 is 0 Å². The average Bonchev–Trinajstić information content (AvgIpc) is 2.35. The van der Waals surface area contributed by atoms with Gasteiger partial charge in [0.15, 0.2) is 11.5 Å². The zero-order valence-corrected chi connectivity index (χ0v) is 11.6. The molecule has 0 aliphatic rings. The predicted octanol–water partition coefficient (Wildman–Crippen LogP) is 2.20. The molecule has 3 N–H and O–H groups in total. The van der Waals surface area contributed by atoms with E-state index in [2.05, 4.69) is 13.8 Å². The Morgan fingerprint density at radius 2 is 2.05 bits per heavy atom. The first-order chi connectivity index (χ1) is 8.93. The fraction of sp³-hybridized carbons (Fsp3) is 0.500. The Balaban J connectivity index is 2.85. The smallest absolute Gasteiger partial charge is 0.305 e. The van der Waals surface area contributed by atoms with Gasteiger partial charge in [0.1, 0.15) is 0 Å². The second-order valence-corrected chi connectivity index (χ2v) is 4.82. The van der Waals surface area contributed by atoms with Crippen LogP contribution in [0, 0.1) is 5.92 Å². The normalized spacial score (nSPS) is 12.3. The third-order valence-corrected chi connectivity index (χ3v) is 2.58. The van der Waals surface area contributed by atoms with Gasteiger partial charge in [-0.05, 0) is 23.6 Å². The highest BCUT2D eigenvalue weighted by molar-refractivity contribution is 5.68. The fourth-order valence-electron chi connectivity index (χ4n) is 1.60. The Morgan fingerprint density at radius 1 is 1.37 bits per heavy atom. The predicted molar refractivity (Wildman–Crippen MR) is 72.5 cm³/mol. The molecule has 0 heterocycles. The van der Waals surface area contributed by atoms with Crippen LogP contribution in [0.5, 0.6) is 11.5 Å². The molecule has 0 radical (unpaired) electrons. The molecule has 5 nitrogen and oxygen atoms in total. The van der Waals surface area contributed by atoms with E-state index < -0.39 is 12.0 Å². The van der Waals surface area contributed by atoms with Gasteiger partial charge in [0.2, 0.25) is 0 Å². The van der Waals surface area contributed by atoms with Gasteiger partial charge < -0.3 is 20.3 Å². The summed E-state index contributed by atoms with van der Waals surface area (Å²) in [6.07, 6.45) is -0.116. The highest BCUT2D eigenvalue weighted by Gasteiger charge is 2.14. The summed E-state index contributed by atoms with van der Waals surface area (Å²) < 4.78 is 10.9. The number of carboxylic acid groups (broad SMARTS) is 1. The number of methoxy groups -OCH3 is 1. The standard InChI is InChI=1S/C14H21NO4/c1-9(2)8-19-12-5-4-10(6-13(12)18-3)11(15)7-14(16)17/h4-6,9,11H,7-8,15H2,1-3H3,(H,16,17). The minimum atomic E-state index is -0.924. The molecule has 106 valence electrons. The monoisotopic (exact) mass is 267 g/mol. The van der Waals surface area contributed by atoms with Gasteiger partial charge in [0.25, 0.3) is 0 Å². The van der Waals surface area contributed by atoms with E-state index in [4.69, 9.17) is 20.3 Å². The molecule has 0 saturated heterocycles. The van der Waals surface area contributed by atoms with Gasteiger partial charge in [-0.1, -0.05) is 19.9 Å². The van der Waals surface area contributed by atoms with E-state index in [0.717, 1.165) is 5.56 Å². The lowest BCUT2D eigenvalue weighted by atomic mass is 10.0. The van der Waals surface area contributed by atoms with E-state index >= 15 is 0 Å². The maximum atomic E-state index is 10.6. The summed E-state index contributed by atoms with van der Waals surface area (Å²) in [6.45, 7) is 4.71. The van der Waals surface area contributed by atoms with E-state index in [1.54, 1.807) is 25.3 Å². The second-order valence-electron chi connectivity index (χ2n) is 4.82. The number of aliphatic carboxylic acids is 1. The first-order valence-electron chi connectivity index (χ1n) is 6.22. The number of hydrogen-bond donors (Lipinski definition) is 2. The van der Waals surface area contributed by atoms with Crippen molar-refractivity contribution in [2.75, 3.05) is 13.7 Å². The van der Waals surface area contributed by atoms with Crippen LogP contribution in [0.4, 0.5) is 0 Å². The molecular weight excluding hydrogens is 246 g/mol. The molecule has 19 heavy (non-hydrogen) atoms. The maximum absolute atomic E-state index is 10.6. The number of rotatable bonds is 7. The quantitative estimate of drug-likeness (QED) is 0.791. The molecule has 1 rings (SSSR count). The first kappa shape index (κ1) is 15.3. The molecule has 1 aromatic rings. The minimum absolute atomic E-state index is 0.116. The zero-order chi connectivity index (χ0) is 14.4. The van der Waals surface area contributed by atoms with Crippen molar-refractivity contribution in [2.24, 2.45) is 11.7 Å². The molecule has 0 bridgehead atoms. The zero-order valence-electron chi connectivity index (χ0n) is 11.6. The summed E-state index contributed by atoms with van der Waals surface area (Å²) in [6, 6.07) is 4.71. The van der Waals surface area contributed by atoms with E-state index in [-0.39, 0.29) is 6.42 Å². The van der Waals surface area contributed by atoms with Crippen LogP contribution in [-0.2, 0) is 4.79 Å². The van der Waals surface area contributed by atoms with Crippen molar-refractivity contribution in [3.8, 4) is 11.5 Å². The molecule has 1 aromatic carbocycles. The SMILES string of the molecule is COc1cc(C(N)CC(=O)O)ccc1OCC(C)C. The number of ether oxygens (including phenoxy) is 2. The summed E-state index contributed by atoms with van der Waals surface area (Å²) in [5, 5.41) is 8.74. The number of nitrogens with two attached hydrogens (primary N) is 1. The van der Waals surface area contributed by atoms with Gasteiger partial charge in [-0.15, -0.1) is 0 Å². The van der Waals surface area contributed by atoms with Gasteiger partial charge in [-0.25, -0.2) is 0 Å². The molecule has 1 unspecified atom stereocenters. The molecule has 0 saturated carbocycles. The number of hydrogen-bond acceptors (Lipinski definition) is 4. The van der Waals surface area contributed by atoms with Gasteiger partial charge in [0.05, 0.1) is 20.1 Å². The topological polar surface area (TPSA) is 81.8 Å². The van der Waals surface area contributed by atoms with Crippen LogP contribution in [0.15, 0.2) is 18.2 Å². The first-order valence-corrected chi connectivity index (χ1v) is 6.22. The van der Waals surface area contributed by atoms with E-state index in [1.807, 2.05) is 0 Å². The lowest BCUT2D eigenvalue weighted by molar-refractivity contribution is -0.137. The van der Waals surface area contributed by atoms with Gasteiger partial charge >= 0.3 is 5.97 Å². The number of benzene rings is 1. The molecule has 5 heteroatoms. The van der Waals surface area contributed by atoms with Gasteiger partial charge in [-0.2, -0.15) is 0 Å². The third-order valence-electron chi connectivity index (χ3n) is 2.58. The summed E-state index contributed by atoms with van der Waals surface area (Å²) >= 11 is 0. The highest BCUT2D eigenvalue weighted by Crippen LogP contribution is 2.30. The van der Waals surface area contributed by atoms with E-state index in [1.165, 1.54) is 0 Å². The fourth-order valence-corrected chi connectivity index (χ4v) is 1.60. The van der Waals surface area contributed by atoms with Crippen molar-refractivity contribution in [1.29, 1.82) is 0 Å².